The molecule has 0 saturated heterocycles. The second-order valence-corrected chi connectivity index (χ2v) is 14.2. The molecule has 2 unspecified atom stereocenters. The quantitative estimate of drug-likeness (QED) is 0.125. The summed E-state index contributed by atoms with van der Waals surface area (Å²) in [5, 5.41) is 3.83. The molecule has 0 aromatic rings. The fourth-order valence-electron chi connectivity index (χ4n) is 7.04. The highest BCUT2D eigenvalue weighted by Crippen LogP contribution is 2.45. The van der Waals surface area contributed by atoms with E-state index in [0.29, 0.717) is 29.3 Å². The molecule has 1 saturated carbocycles. The van der Waals surface area contributed by atoms with Gasteiger partial charge in [-0.25, -0.2) is 0 Å². The van der Waals surface area contributed by atoms with Crippen molar-refractivity contribution < 1.29 is 0 Å². The smallest absolute Gasteiger partial charge is 0.0252 e. The molecule has 1 N–H and O–H groups in total. The van der Waals surface area contributed by atoms with E-state index in [9.17, 15) is 0 Å². The lowest BCUT2D eigenvalue weighted by Gasteiger charge is -2.40. The Morgan fingerprint density at radius 2 is 1.95 bits per heavy atom. The average Bonchev–Trinajstić information content (AvgIpc) is 2.90. The first kappa shape index (κ1) is 34.6. The zero-order valence-corrected chi connectivity index (χ0v) is 27.4. The molecule has 0 spiro atoms. The number of allylic oxidation sites excluding steroid dienone is 7. The molecule has 0 aliphatic heterocycles. The van der Waals surface area contributed by atoms with Crippen LogP contribution >= 0.6 is 0 Å². The van der Waals surface area contributed by atoms with Crippen molar-refractivity contribution in [2.24, 2.45) is 29.1 Å². The standard InChI is InChI=1S/C39H65N/c1-10-16-31(5)40-38(19-15-17-30(3)4)27-26-36-24-25-37(33(7)32(36)6)29-39(8,9)28-14-12-13-18-35-22-20-34(11-2)21-23-35/h10,15,19-22,31-32,35-38,40H,1,3,7,11-14,16-18,23-29H2,2,4-6,8-9H3/t31?,32-,35-,36-,37+,38?/m1/s1. The van der Waals surface area contributed by atoms with Crippen molar-refractivity contribution in [1.82, 2.24) is 5.32 Å². The van der Waals surface area contributed by atoms with Gasteiger partial charge in [0.25, 0.3) is 0 Å². The highest BCUT2D eigenvalue weighted by molar-refractivity contribution is 5.23. The van der Waals surface area contributed by atoms with E-state index in [1.165, 1.54) is 93.8 Å². The van der Waals surface area contributed by atoms with Gasteiger partial charge in [-0.3, -0.25) is 0 Å². The lowest BCUT2D eigenvalue weighted by atomic mass is 9.65. The molecule has 0 amide bonds. The van der Waals surface area contributed by atoms with Gasteiger partial charge in [0.1, 0.15) is 0 Å². The van der Waals surface area contributed by atoms with Crippen molar-refractivity contribution in [3.63, 3.8) is 0 Å². The molecule has 1 fully saturated rings. The van der Waals surface area contributed by atoms with Gasteiger partial charge in [0.2, 0.25) is 0 Å². The summed E-state index contributed by atoms with van der Waals surface area (Å²) in [4.78, 5) is 0. The molecular formula is C39H65N. The first-order valence-corrected chi connectivity index (χ1v) is 16.8. The maximum absolute atomic E-state index is 4.69. The van der Waals surface area contributed by atoms with Crippen LogP contribution in [0.15, 0.2) is 72.9 Å². The summed E-state index contributed by atoms with van der Waals surface area (Å²) in [5.74, 6) is 2.87. The van der Waals surface area contributed by atoms with Crippen LogP contribution < -0.4 is 5.32 Å². The Morgan fingerprint density at radius 3 is 2.60 bits per heavy atom. The van der Waals surface area contributed by atoms with Crippen molar-refractivity contribution >= 4 is 0 Å². The Morgan fingerprint density at radius 1 is 1.18 bits per heavy atom. The summed E-state index contributed by atoms with van der Waals surface area (Å²) in [6, 6.07) is 0.878. The number of nitrogens with one attached hydrogen (secondary N) is 1. The average molecular weight is 548 g/mol. The van der Waals surface area contributed by atoms with Crippen LogP contribution in [0.2, 0.25) is 0 Å². The maximum atomic E-state index is 4.69. The predicted molar refractivity (Wildman–Crippen MR) is 181 cm³/mol. The number of unbranched alkanes of at least 4 members (excludes halogenated alkanes) is 2. The molecule has 0 heterocycles. The fraction of sp³-hybridized carbons (Fsp3) is 0.692. The summed E-state index contributed by atoms with van der Waals surface area (Å²) in [7, 11) is 0. The molecule has 2 aliphatic carbocycles. The number of rotatable bonds is 19. The van der Waals surface area contributed by atoms with Crippen LogP contribution in [0.4, 0.5) is 0 Å². The maximum Gasteiger partial charge on any atom is 0.0252 e. The Balaban J connectivity index is 1.76. The van der Waals surface area contributed by atoms with E-state index in [1.54, 1.807) is 0 Å². The summed E-state index contributed by atoms with van der Waals surface area (Å²) in [5.41, 5.74) is 4.69. The van der Waals surface area contributed by atoms with E-state index in [-0.39, 0.29) is 0 Å². The van der Waals surface area contributed by atoms with Crippen LogP contribution in [0.3, 0.4) is 0 Å². The second-order valence-electron chi connectivity index (χ2n) is 14.2. The van der Waals surface area contributed by atoms with Gasteiger partial charge in [0.15, 0.2) is 0 Å². The molecule has 226 valence electrons. The molecule has 0 bridgehead atoms. The third kappa shape index (κ3) is 12.9. The second kappa shape index (κ2) is 18.0. The van der Waals surface area contributed by atoms with Gasteiger partial charge in [0, 0.05) is 12.1 Å². The van der Waals surface area contributed by atoms with Gasteiger partial charge in [-0.05, 0) is 114 Å². The van der Waals surface area contributed by atoms with Crippen LogP contribution in [-0.4, -0.2) is 12.1 Å². The molecule has 40 heavy (non-hydrogen) atoms. The Labute approximate surface area is 250 Å². The Kier molecular flexibility index (Phi) is 15.6. The number of hydrogen-bond donors (Lipinski definition) is 1. The van der Waals surface area contributed by atoms with Crippen molar-refractivity contribution in [2.45, 2.75) is 144 Å². The summed E-state index contributed by atoms with van der Waals surface area (Å²) >= 11 is 0. The van der Waals surface area contributed by atoms with Crippen LogP contribution in [0, 0.1) is 29.1 Å². The molecule has 0 aromatic heterocycles. The highest BCUT2D eigenvalue weighted by atomic mass is 14.9. The molecular weight excluding hydrogens is 482 g/mol. The topological polar surface area (TPSA) is 12.0 Å². The zero-order chi connectivity index (χ0) is 29.5. The van der Waals surface area contributed by atoms with Crippen LogP contribution in [0.1, 0.15) is 131 Å². The van der Waals surface area contributed by atoms with Gasteiger partial charge in [-0.2, -0.15) is 0 Å². The van der Waals surface area contributed by atoms with Gasteiger partial charge >= 0.3 is 0 Å². The van der Waals surface area contributed by atoms with Gasteiger partial charge in [0.05, 0.1) is 0 Å². The van der Waals surface area contributed by atoms with E-state index in [4.69, 9.17) is 6.58 Å². The molecule has 1 heteroatoms. The third-order valence-corrected chi connectivity index (χ3v) is 9.81. The van der Waals surface area contributed by atoms with E-state index in [1.807, 2.05) is 6.08 Å². The third-order valence-electron chi connectivity index (χ3n) is 9.81. The highest BCUT2D eigenvalue weighted by Gasteiger charge is 2.34. The summed E-state index contributed by atoms with van der Waals surface area (Å²) in [6.45, 7) is 26.8. The lowest BCUT2D eigenvalue weighted by molar-refractivity contribution is 0.187. The lowest BCUT2D eigenvalue weighted by Crippen LogP contribution is -2.36. The predicted octanol–water partition coefficient (Wildman–Crippen LogP) is 11.7. The Hall–Kier alpha value is -1.60. The zero-order valence-electron chi connectivity index (χ0n) is 27.4. The molecule has 0 aromatic carbocycles. The van der Waals surface area contributed by atoms with Crippen molar-refractivity contribution in [3.05, 3.63) is 72.9 Å². The first-order valence-electron chi connectivity index (χ1n) is 16.8. The van der Waals surface area contributed by atoms with Crippen LogP contribution in [0.5, 0.6) is 0 Å². The minimum atomic E-state index is 0.411. The van der Waals surface area contributed by atoms with Gasteiger partial charge in [-0.1, -0.05) is 113 Å². The van der Waals surface area contributed by atoms with E-state index in [0.717, 1.165) is 24.7 Å². The molecule has 2 rings (SSSR count). The van der Waals surface area contributed by atoms with E-state index in [2.05, 4.69) is 90.4 Å². The van der Waals surface area contributed by atoms with E-state index >= 15 is 0 Å². The monoisotopic (exact) mass is 548 g/mol. The summed E-state index contributed by atoms with van der Waals surface area (Å²) < 4.78 is 0. The molecule has 6 atom stereocenters. The SMILES string of the molecule is C=CCC(C)NC(C=CCC(=C)C)CC[C@H]1CC[C@@H](CC(C)(C)CCCCC[C@@H]2C=CC(CC)=CC2)C(=C)[C@H]1C. The number of hydrogen-bond acceptors (Lipinski definition) is 1. The fourth-order valence-corrected chi connectivity index (χ4v) is 7.04. The molecule has 0 radical (unpaired) electrons. The van der Waals surface area contributed by atoms with Crippen molar-refractivity contribution in [2.75, 3.05) is 0 Å². The van der Waals surface area contributed by atoms with Crippen molar-refractivity contribution in [3.8, 4) is 0 Å². The van der Waals surface area contributed by atoms with Crippen LogP contribution in [-0.2, 0) is 0 Å². The summed E-state index contributed by atoms with van der Waals surface area (Å²) in [6.07, 6.45) is 31.7. The largest absolute Gasteiger partial charge is 0.308 e. The Bertz CT molecular complexity index is 867. The minimum absolute atomic E-state index is 0.411. The minimum Gasteiger partial charge on any atom is -0.308 e. The molecule has 2 aliphatic rings. The first-order chi connectivity index (χ1) is 19.0. The van der Waals surface area contributed by atoms with Gasteiger partial charge < -0.3 is 5.32 Å². The van der Waals surface area contributed by atoms with Crippen molar-refractivity contribution in [1.29, 1.82) is 0 Å². The van der Waals surface area contributed by atoms with Gasteiger partial charge in [-0.15, -0.1) is 6.58 Å². The normalized spacial score (nSPS) is 25.1. The van der Waals surface area contributed by atoms with E-state index < -0.39 is 0 Å². The van der Waals surface area contributed by atoms with Crippen LogP contribution in [0.25, 0.3) is 0 Å². The molecule has 1 nitrogen and oxygen atoms in total.